The van der Waals surface area contributed by atoms with Gasteiger partial charge in [-0.15, -0.1) is 0 Å². The second-order valence-electron chi connectivity index (χ2n) is 5.52. The molecule has 27 heavy (non-hydrogen) atoms. The number of rotatable bonds is 3. The average molecular weight is 399 g/mol. The van der Waals surface area contributed by atoms with Gasteiger partial charge in [0, 0.05) is 24.3 Å². The number of carboxylic acids is 1. The molecule has 0 radical (unpaired) electrons. The van der Waals surface area contributed by atoms with Gasteiger partial charge in [0.2, 0.25) is 0 Å². The SMILES string of the molecule is O=C(NC(=O)c1ccc2c(c1)NCCN2)Nc1ccc(Cl)c(C(=O)O)c1.[H-].[Na+]. The van der Waals surface area contributed by atoms with E-state index in [2.05, 4.69) is 21.3 Å². The summed E-state index contributed by atoms with van der Waals surface area (Å²) >= 11 is 5.78. The average Bonchev–Trinajstić information content (AvgIpc) is 2.62. The van der Waals surface area contributed by atoms with E-state index in [-0.39, 0.29) is 47.3 Å². The van der Waals surface area contributed by atoms with E-state index in [0.717, 1.165) is 24.5 Å². The van der Waals surface area contributed by atoms with Crippen molar-refractivity contribution in [2.75, 3.05) is 29.0 Å². The minimum atomic E-state index is -1.22. The molecule has 2 aromatic carbocycles. The van der Waals surface area contributed by atoms with Crippen LogP contribution in [0.1, 0.15) is 22.1 Å². The fraction of sp³-hybridized carbons (Fsp3) is 0.118. The molecule has 2 aromatic rings. The molecule has 0 bridgehead atoms. The predicted molar refractivity (Wildman–Crippen MR) is 99.4 cm³/mol. The number of hydrogen-bond acceptors (Lipinski definition) is 5. The molecule has 10 heteroatoms. The van der Waals surface area contributed by atoms with E-state index in [1.165, 1.54) is 18.2 Å². The van der Waals surface area contributed by atoms with Crippen LogP contribution < -0.4 is 50.8 Å². The quantitative estimate of drug-likeness (QED) is 0.463. The maximum atomic E-state index is 12.2. The fourth-order valence-electron chi connectivity index (χ4n) is 2.48. The zero-order valence-corrected chi connectivity index (χ0v) is 17.2. The van der Waals surface area contributed by atoms with Gasteiger partial charge < -0.3 is 22.5 Å². The van der Waals surface area contributed by atoms with Crippen molar-refractivity contribution in [3.8, 4) is 0 Å². The molecule has 1 heterocycles. The number of carbonyl (C=O) groups excluding carboxylic acids is 2. The van der Waals surface area contributed by atoms with Gasteiger partial charge in [-0.1, -0.05) is 11.6 Å². The van der Waals surface area contributed by atoms with Crippen molar-refractivity contribution in [3.63, 3.8) is 0 Å². The molecule has 1 aliphatic heterocycles. The summed E-state index contributed by atoms with van der Waals surface area (Å²) in [6.45, 7) is 1.53. The van der Waals surface area contributed by atoms with Crippen LogP contribution in [-0.2, 0) is 0 Å². The minimum Gasteiger partial charge on any atom is -1.00 e. The van der Waals surface area contributed by atoms with E-state index >= 15 is 0 Å². The van der Waals surface area contributed by atoms with Crippen LogP contribution >= 0.6 is 11.6 Å². The van der Waals surface area contributed by atoms with Crippen LogP contribution in [0, 0.1) is 0 Å². The summed E-state index contributed by atoms with van der Waals surface area (Å²) in [5, 5.41) is 20.0. The summed E-state index contributed by atoms with van der Waals surface area (Å²) in [7, 11) is 0. The first-order chi connectivity index (χ1) is 12.4. The normalized spacial score (nSPS) is 11.7. The van der Waals surface area contributed by atoms with Gasteiger partial charge in [0.1, 0.15) is 0 Å². The minimum absolute atomic E-state index is 0. The Hall–Kier alpha value is -2.26. The standard InChI is InChI=1S/C17H15ClN4O4.Na.H/c18-12-3-2-10(8-11(12)16(24)25)21-17(26)22-15(23)9-1-4-13-14(7-9)20-6-5-19-13;;/h1-4,7-8,19-20H,5-6H2,(H,24,25)(H2,21,22,23,26);;/q;+1;-1. The Labute approximate surface area is 183 Å². The third-order valence-corrected chi connectivity index (χ3v) is 4.05. The van der Waals surface area contributed by atoms with E-state index in [0.29, 0.717) is 5.56 Å². The van der Waals surface area contributed by atoms with Gasteiger partial charge in [-0.2, -0.15) is 0 Å². The van der Waals surface area contributed by atoms with Crippen LogP contribution in [0.3, 0.4) is 0 Å². The second kappa shape index (κ2) is 9.09. The van der Waals surface area contributed by atoms with Crippen molar-refractivity contribution >= 4 is 46.6 Å². The van der Waals surface area contributed by atoms with Crippen molar-refractivity contribution < 1.29 is 50.5 Å². The van der Waals surface area contributed by atoms with Crippen molar-refractivity contribution in [2.24, 2.45) is 0 Å². The number of amides is 3. The summed E-state index contributed by atoms with van der Waals surface area (Å²) in [5.74, 6) is -1.80. The van der Waals surface area contributed by atoms with Crippen LogP contribution in [0.2, 0.25) is 5.02 Å². The monoisotopic (exact) mass is 398 g/mol. The summed E-state index contributed by atoms with van der Waals surface area (Å²) in [4.78, 5) is 35.3. The van der Waals surface area contributed by atoms with Crippen molar-refractivity contribution in [3.05, 3.63) is 52.5 Å². The van der Waals surface area contributed by atoms with Gasteiger partial charge in [0.05, 0.1) is 22.0 Å². The summed E-state index contributed by atoms with van der Waals surface area (Å²) in [6, 6.07) is 8.23. The van der Waals surface area contributed by atoms with Crippen LogP contribution in [0.25, 0.3) is 0 Å². The molecular weight excluding hydrogens is 383 g/mol. The molecule has 0 unspecified atom stereocenters. The molecule has 0 fully saturated rings. The topological polar surface area (TPSA) is 120 Å². The van der Waals surface area contributed by atoms with Crippen LogP contribution in [0.15, 0.2) is 36.4 Å². The molecule has 0 aromatic heterocycles. The van der Waals surface area contributed by atoms with Crippen molar-refractivity contribution in [1.29, 1.82) is 0 Å². The van der Waals surface area contributed by atoms with E-state index in [1.54, 1.807) is 18.2 Å². The van der Waals surface area contributed by atoms with E-state index in [4.69, 9.17) is 16.7 Å². The number of urea groups is 1. The Bertz CT molecular complexity index is 913. The van der Waals surface area contributed by atoms with Gasteiger partial charge in [-0.3, -0.25) is 10.1 Å². The molecule has 0 saturated heterocycles. The Morgan fingerprint density at radius 2 is 1.74 bits per heavy atom. The third-order valence-electron chi connectivity index (χ3n) is 3.72. The largest absolute Gasteiger partial charge is 1.00 e. The summed E-state index contributed by atoms with van der Waals surface area (Å²) in [6.07, 6.45) is 0. The first kappa shape index (κ1) is 21.0. The van der Waals surface area contributed by atoms with Crippen molar-refractivity contribution in [1.82, 2.24) is 5.32 Å². The first-order valence-corrected chi connectivity index (χ1v) is 8.09. The third kappa shape index (κ3) is 5.14. The summed E-state index contributed by atoms with van der Waals surface area (Å²) in [5.41, 5.74) is 2.04. The van der Waals surface area contributed by atoms with Gasteiger partial charge >= 0.3 is 41.6 Å². The predicted octanol–water partition coefficient (Wildman–Crippen LogP) is -0.0460. The number of anilines is 3. The molecule has 3 rings (SSSR count). The number of imide groups is 1. The van der Waals surface area contributed by atoms with Crippen molar-refractivity contribution in [2.45, 2.75) is 0 Å². The van der Waals surface area contributed by atoms with Crippen LogP contribution in [0.4, 0.5) is 21.9 Å². The number of carbonyl (C=O) groups is 3. The van der Waals surface area contributed by atoms with Crippen LogP contribution in [-0.4, -0.2) is 36.1 Å². The zero-order chi connectivity index (χ0) is 18.7. The fourth-order valence-corrected chi connectivity index (χ4v) is 2.68. The number of halogens is 1. The molecule has 0 saturated carbocycles. The molecule has 3 amide bonds. The Morgan fingerprint density at radius 3 is 2.44 bits per heavy atom. The number of fused-ring (bicyclic) bond motifs is 1. The molecule has 1 aliphatic rings. The number of benzene rings is 2. The molecule has 0 atom stereocenters. The van der Waals surface area contributed by atoms with Gasteiger partial charge in [-0.05, 0) is 36.4 Å². The molecule has 0 aliphatic carbocycles. The number of carboxylic acid groups (broad SMARTS) is 1. The smallest absolute Gasteiger partial charge is 1.00 e. The molecule has 136 valence electrons. The van der Waals surface area contributed by atoms with E-state index in [1.807, 2.05) is 0 Å². The van der Waals surface area contributed by atoms with Gasteiger partial charge in [-0.25, -0.2) is 9.59 Å². The maximum absolute atomic E-state index is 12.2. The molecule has 5 N–H and O–H groups in total. The maximum Gasteiger partial charge on any atom is 1.00 e. The van der Waals surface area contributed by atoms with E-state index < -0.39 is 17.9 Å². The number of hydrogen-bond donors (Lipinski definition) is 5. The summed E-state index contributed by atoms with van der Waals surface area (Å²) < 4.78 is 0. The Kier molecular flexibility index (Phi) is 7.09. The number of aromatic carboxylic acids is 1. The zero-order valence-electron chi connectivity index (χ0n) is 15.4. The molecule has 0 spiro atoms. The first-order valence-electron chi connectivity index (χ1n) is 7.71. The Balaban J connectivity index is 0.00000196. The molecule has 8 nitrogen and oxygen atoms in total. The van der Waals surface area contributed by atoms with Gasteiger partial charge in [0.15, 0.2) is 0 Å². The van der Waals surface area contributed by atoms with Crippen LogP contribution in [0.5, 0.6) is 0 Å². The van der Waals surface area contributed by atoms with Gasteiger partial charge in [0.25, 0.3) is 5.91 Å². The Morgan fingerprint density at radius 1 is 1.04 bits per heavy atom. The molecular formula is C17H16ClN4NaO4. The number of nitrogens with one attached hydrogen (secondary N) is 4. The van der Waals surface area contributed by atoms with E-state index in [9.17, 15) is 14.4 Å². The second-order valence-corrected chi connectivity index (χ2v) is 5.93.